The number of thiazole rings is 1. The summed E-state index contributed by atoms with van der Waals surface area (Å²) in [4.78, 5) is 9.04. The van der Waals surface area contributed by atoms with Crippen molar-refractivity contribution in [2.75, 3.05) is 5.73 Å². The van der Waals surface area contributed by atoms with E-state index in [2.05, 4.69) is 9.97 Å². The number of nitrogens with two attached hydrogens (primary N) is 1. The van der Waals surface area contributed by atoms with Crippen molar-refractivity contribution in [3.63, 3.8) is 0 Å². The number of nitrogen functional groups attached to an aromatic ring is 1. The zero-order valence-electron chi connectivity index (χ0n) is 6.57. The van der Waals surface area contributed by atoms with Crippen LogP contribution in [-0.4, -0.2) is 9.97 Å². The topological polar surface area (TPSA) is 51.8 Å². The highest BCUT2D eigenvalue weighted by molar-refractivity contribution is 7.18. The molecule has 0 aliphatic carbocycles. The lowest BCUT2D eigenvalue weighted by Gasteiger charge is -1.93. The highest BCUT2D eigenvalue weighted by atomic mass is 35.5. The largest absolute Gasteiger partial charge is 0.375 e. The van der Waals surface area contributed by atoms with E-state index in [9.17, 15) is 0 Å². The van der Waals surface area contributed by atoms with E-state index < -0.39 is 0 Å². The van der Waals surface area contributed by atoms with Gasteiger partial charge in [0.05, 0.1) is 15.6 Å². The second-order valence-electron chi connectivity index (χ2n) is 2.42. The van der Waals surface area contributed by atoms with Crippen molar-refractivity contribution in [1.29, 1.82) is 0 Å². The van der Waals surface area contributed by atoms with E-state index >= 15 is 0 Å². The number of hydrogen-bond acceptors (Lipinski definition) is 4. The number of anilines is 1. The van der Waals surface area contributed by atoms with Crippen LogP contribution in [0.2, 0.25) is 5.02 Å². The van der Waals surface area contributed by atoms with Crippen molar-refractivity contribution in [2.24, 2.45) is 0 Å². The molecule has 0 saturated heterocycles. The molecule has 13 heavy (non-hydrogen) atoms. The minimum Gasteiger partial charge on any atom is -0.375 e. The molecule has 0 amide bonds. The average Bonchev–Trinajstić information content (AvgIpc) is 2.53. The summed E-state index contributed by atoms with van der Waals surface area (Å²) in [6.07, 6.45) is 3.31. The Balaban J connectivity index is 2.41. The van der Waals surface area contributed by atoms with E-state index in [1.807, 2.05) is 6.07 Å². The predicted molar refractivity (Wildman–Crippen MR) is 54.8 cm³/mol. The van der Waals surface area contributed by atoms with Gasteiger partial charge in [0.15, 0.2) is 5.13 Å². The third-order valence-electron chi connectivity index (χ3n) is 1.50. The third kappa shape index (κ3) is 1.79. The molecule has 0 aliphatic heterocycles. The lowest BCUT2D eigenvalue weighted by atomic mass is 10.3. The van der Waals surface area contributed by atoms with Gasteiger partial charge in [-0.2, -0.15) is 0 Å². The fourth-order valence-corrected chi connectivity index (χ4v) is 1.70. The molecule has 66 valence electrons. The van der Waals surface area contributed by atoms with Gasteiger partial charge in [0.1, 0.15) is 0 Å². The Labute approximate surface area is 84.2 Å². The SMILES string of the molecule is Nc1ncc(-c2ccc(Cl)cn2)s1. The van der Waals surface area contributed by atoms with Crippen molar-refractivity contribution in [2.45, 2.75) is 0 Å². The van der Waals surface area contributed by atoms with Crippen LogP contribution < -0.4 is 5.73 Å². The van der Waals surface area contributed by atoms with E-state index in [0.717, 1.165) is 10.6 Å². The first-order valence-electron chi connectivity index (χ1n) is 3.59. The molecule has 0 bridgehead atoms. The van der Waals surface area contributed by atoms with Crippen LogP contribution in [0.4, 0.5) is 5.13 Å². The van der Waals surface area contributed by atoms with Gasteiger partial charge in [-0.1, -0.05) is 22.9 Å². The van der Waals surface area contributed by atoms with Crippen LogP contribution in [0.25, 0.3) is 10.6 Å². The summed E-state index contributed by atoms with van der Waals surface area (Å²) >= 11 is 7.11. The van der Waals surface area contributed by atoms with Crippen molar-refractivity contribution in [3.8, 4) is 10.6 Å². The Kier molecular flexibility index (Phi) is 2.16. The van der Waals surface area contributed by atoms with Gasteiger partial charge in [-0.05, 0) is 12.1 Å². The van der Waals surface area contributed by atoms with Crippen LogP contribution in [0.3, 0.4) is 0 Å². The van der Waals surface area contributed by atoms with E-state index in [1.54, 1.807) is 18.5 Å². The molecule has 2 heterocycles. The molecule has 2 N–H and O–H groups in total. The van der Waals surface area contributed by atoms with E-state index in [0.29, 0.717) is 10.2 Å². The molecule has 0 spiro atoms. The zero-order valence-corrected chi connectivity index (χ0v) is 8.14. The second kappa shape index (κ2) is 3.32. The molecule has 0 aromatic carbocycles. The summed E-state index contributed by atoms with van der Waals surface area (Å²) in [6.45, 7) is 0. The summed E-state index contributed by atoms with van der Waals surface area (Å²) in [6, 6.07) is 3.63. The quantitative estimate of drug-likeness (QED) is 0.788. The Morgan fingerprint density at radius 3 is 2.62 bits per heavy atom. The third-order valence-corrected chi connectivity index (χ3v) is 2.58. The summed E-state index contributed by atoms with van der Waals surface area (Å²) < 4.78 is 0. The first kappa shape index (κ1) is 8.47. The van der Waals surface area contributed by atoms with Gasteiger partial charge in [0.25, 0.3) is 0 Å². The normalized spacial score (nSPS) is 10.2. The maximum absolute atomic E-state index is 5.70. The molecule has 0 fully saturated rings. The van der Waals surface area contributed by atoms with Gasteiger partial charge < -0.3 is 5.73 Å². The molecule has 0 atom stereocenters. The second-order valence-corrected chi connectivity index (χ2v) is 3.92. The van der Waals surface area contributed by atoms with Gasteiger partial charge in [0.2, 0.25) is 0 Å². The van der Waals surface area contributed by atoms with Crippen LogP contribution in [0.5, 0.6) is 0 Å². The number of aromatic nitrogens is 2. The number of rotatable bonds is 1. The van der Waals surface area contributed by atoms with Crippen LogP contribution in [0.1, 0.15) is 0 Å². The van der Waals surface area contributed by atoms with Gasteiger partial charge >= 0.3 is 0 Å². The maximum atomic E-state index is 5.70. The Morgan fingerprint density at radius 1 is 1.23 bits per heavy atom. The van der Waals surface area contributed by atoms with E-state index in [1.165, 1.54) is 11.3 Å². The van der Waals surface area contributed by atoms with Crippen LogP contribution in [0, 0.1) is 0 Å². The van der Waals surface area contributed by atoms with Gasteiger partial charge in [-0.25, -0.2) is 4.98 Å². The standard InChI is InChI=1S/C8H6ClN3S/c9-5-1-2-6(11-3-5)7-4-12-8(10)13-7/h1-4H,(H2,10,12). The minimum atomic E-state index is 0.548. The Hall–Kier alpha value is -1.13. The molecule has 2 aromatic rings. The van der Waals surface area contributed by atoms with Crippen LogP contribution in [-0.2, 0) is 0 Å². The smallest absolute Gasteiger partial charge is 0.180 e. The molecule has 2 rings (SSSR count). The monoisotopic (exact) mass is 211 g/mol. The molecule has 0 aliphatic rings. The minimum absolute atomic E-state index is 0.548. The summed E-state index contributed by atoms with van der Waals surface area (Å²) in [5.41, 5.74) is 6.35. The number of hydrogen-bond donors (Lipinski definition) is 1. The molecule has 0 radical (unpaired) electrons. The number of halogens is 1. The van der Waals surface area contributed by atoms with Gasteiger partial charge in [0, 0.05) is 12.4 Å². The maximum Gasteiger partial charge on any atom is 0.180 e. The fourth-order valence-electron chi connectivity index (χ4n) is 0.928. The summed E-state index contributed by atoms with van der Waals surface area (Å²) in [7, 11) is 0. The predicted octanol–water partition coefficient (Wildman–Crippen LogP) is 2.44. The average molecular weight is 212 g/mol. The zero-order chi connectivity index (χ0) is 9.26. The first-order valence-corrected chi connectivity index (χ1v) is 4.78. The van der Waals surface area contributed by atoms with E-state index in [4.69, 9.17) is 17.3 Å². The van der Waals surface area contributed by atoms with Gasteiger partial charge in [-0.3, -0.25) is 4.98 Å². The lowest BCUT2D eigenvalue weighted by molar-refractivity contribution is 1.33. The molecule has 0 unspecified atom stereocenters. The number of pyridine rings is 1. The van der Waals surface area contributed by atoms with Crippen molar-refractivity contribution in [3.05, 3.63) is 29.5 Å². The van der Waals surface area contributed by atoms with Gasteiger partial charge in [-0.15, -0.1) is 0 Å². The fraction of sp³-hybridized carbons (Fsp3) is 0. The Morgan fingerprint density at radius 2 is 2.08 bits per heavy atom. The highest BCUT2D eigenvalue weighted by Crippen LogP contribution is 2.25. The highest BCUT2D eigenvalue weighted by Gasteiger charge is 2.02. The summed E-state index contributed by atoms with van der Waals surface area (Å²) in [5.74, 6) is 0. The molecular formula is C8H6ClN3S. The molecule has 3 nitrogen and oxygen atoms in total. The van der Waals surface area contributed by atoms with Crippen molar-refractivity contribution >= 4 is 28.1 Å². The molecule has 5 heteroatoms. The van der Waals surface area contributed by atoms with Crippen LogP contribution in [0.15, 0.2) is 24.5 Å². The molecular weight excluding hydrogens is 206 g/mol. The summed E-state index contributed by atoms with van der Waals surface area (Å²) in [5, 5.41) is 1.17. The van der Waals surface area contributed by atoms with Crippen molar-refractivity contribution in [1.82, 2.24) is 9.97 Å². The molecule has 2 aromatic heterocycles. The Bertz CT molecular complexity index is 410. The first-order chi connectivity index (χ1) is 6.25. The number of nitrogens with zero attached hydrogens (tertiary/aromatic N) is 2. The van der Waals surface area contributed by atoms with E-state index in [-0.39, 0.29) is 0 Å². The molecule has 0 saturated carbocycles. The lowest BCUT2D eigenvalue weighted by Crippen LogP contribution is -1.77. The van der Waals surface area contributed by atoms with Crippen LogP contribution >= 0.6 is 22.9 Å². The van der Waals surface area contributed by atoms with Crippen molar-refractivity contribution < 1.29 is 0 Å².